The van der Waals surface area contributed by atoms with Gasteiger partial charge in [-0.2, -0.15) is 0 Å². The van der Waals surface area contributed by atoms with Gasteiger partial charge in [0.25, 0.3) is 0 Å². The summed E-state index contributed by atoms with van der Waals surface area (Å²) in [5.41, 5.74) is 1.01. The van der Waals surface area contributed by atoms with Gasteiger partial charge in [-0.05, 0) is 17.2 Å². The molecule has 0 saturated carbocycles. The van der Waals surface area contributed by atoms with Crippen LogP contribution in [-0.2, 0) is 0 Å². The van der Waals surface area contributed by atoms with Crippen LogP contribution in [0.25, 0.3) is 0 Å². The molecule has 13 heavy (non-hydrogen) atoms. The summed E-state index contributed by atoms with van der Waals surface area (Å²) >= 11 is 0. The van der Waals surface area contributed by atoms with Crippen molar-refractivity contribution >= 4 is 12.1 Å². The molecule has 0 aromatic carbocycles. The van der Waals surface area contributed by atoms with Crippen LogP contribution in [0.1, 0.15) is 12.0 Å². The number of hydrogen-bond acceptors (Lipinski definition) is 3. The van der Waals surface area contributed by atoms with E-state index in [2.05, 4.69) is 10.1 Å². The maximum Gasteiger partial charge on any atom is 0.203 e. The predicted octanol–water partition coefficient (Wildman–Crippen LogP) is -0.410. The summed E-state index contributed by atoms with van der Waals surface area (Å²) in [6.07, 6.45) is 5.78. The molecule has 2 rings (SSSR count). The van der Waals surface area contributed by atoms with E-state index in [-0.39, 0.29) is 5.90 Å². The lowest BCUT2D eigenvalue weighted by molar-refractivity contribution is -0.519. The van der Waals surface area contributed by atoms with Crippen molar-refractivity contribution < 1.29 is 9.79 Å². The van der Waals surface area contributed by atoms with Gasteiger partial charge in [0.15, 0.2) is 6.54 Å². The fraction of sp³-hybridized carbons (Fsp3) is 0.222. The molecule has 1 aliphatic heterocycles. The van der Waals surface area contributed by atoms with Crippen LogP contribution in [0.15, 0.2) is 29.6 Å². The zero-order valence-electron chi connectivity index (χ0n) is 7.05. The van der Waals surface area contributed by atoms with E-state index < -0.39 is 0 Å². The van der Waals surface area contributed by atoms with Gasteiger partial charge in [0.05, 0.1) is 0 Å². The molecule has 1 aliphatic rings. The Hall–Kier alpha value is -1.71. The smallest absolute Gasteiger partial charge is 0.203 e. The van der Waals surface area contributed by atoms with E-state index in [1.165, 1.54) is 0 Å². The lowest BCUT2D eigenvalue weighted by Crippen LogP contribution is -2.13. The van der Waals surface area contributed by atoms with Crippen LogP contribution in [0.3, 0.4) is 0 Å². The summed E-state index contributed by atoms with van der Waals surface area (Å²) in [6, 6.07) is 3.75. The van der Waals surface area contributed by atoms with Gasteiger partial charge in [0.2, 0.25) is 6.21 Å². The van der Waals surface area contributed by atoms with E-state index in [1.807, 2.05) is 18.3 Å². The van der Waals surface area contributed by atoms with Gasteiger partial charge in [-0.15, -0.1) is 0 Å². The Morgan fingerprint density at radius 1 is 1.38 bits per heavy atom. The fourth-order valence-corrected chi connectivity index (χ4v) is 1.17. The molecule has 0 amide bonds. The highest BCUT2D eigenvalue weighted by Crippen LogP contribution is 1.97. The molecule has 0 unspecified atom stereocenters. The van der Waals surface area contributed by atoms with E-state index >= 15 is 0 Å². The SMILES string of the molecule is [O-]C1=N/[N+](=C/c2ccncc2)CC1. The van der Waals surface area contributed by atoms with Crippen LogP contribution >= 0.6 is 0 Å². The van der Waals surface area contributed by atoms with E-state index in [0.717, 1.165) is 5.56 Å². The van der Waals surface area contributed by atoms with Gasteiger partial charge in [-0.1, -0.05) is 4.68 Å². The monoisotopic (exact) mass is 175 g/mol. The van der Waals surface area contributed by atoms with Crippen molar-refractivity contribution in [3.05, 3.63) is 30.1 Å². The normalized spacial score (nSPS) is 19.1. The van der Waals surface area contributed by atoms with E-state index in [9.17, 15) is 5.11 Å². The summed E-state index contributed by atoms with van der Waals surface area (Å²) in [5.74, 6) is -0.0506. The number of pyridine rings is 1. The van der Waals surface area contributed by atoms with Crippen molar-refractivity contribution in [3.63, 3.8) is 0 Å². The molecule has 66 valence electrons. The van der Waals surface area contributed by atoms with Gasteiger partial charge >= 0.3 is 0 Å². The molecule has 0 atom stereocenters. The first-order chi connectivity index (χ1) is 6.34. The van der Waals surface area contributed by atoms with Crippen molar-refractivity contribution in [3.8, 4) is 0 Å². The third-order valence-electron chi connectivity index (χ3n) is 1.80. The molecule has 4 nitrogen and oxygen atoms in total. The van der Waals surface area contributed by atoms with Gasteiger partial charge < -0.3 is 5.11 Å². The average Bonchev–Trinajstić information content (AvgIpc) is 2.53. The summed E-state index contributed by atoms with van der Waals surface area (Å²) in [6.45, 7) is 0.682. The minimum atomic E-state index is -0.0506. The topological polar surface area (TPSA) is 51.3 Å². The minimum absolute atomic E-state index is 0.0506. The maximum atomic E-state index is 10.8. The Labute approximate surface area is 75.9 Å². The first-order valence-corrected chi connectivity index (χ1v) is 4.10. The van der Waals surface area contributed by atoms with Crippen LogP contribution in [0, 0.1) is 0 Å². The summed E-state index contributed by atoms with van der Waals surface area (Å²) in [5, 5.41) is 14.6. The fourth-order valence-electron chi connectivity index (χ4n) is 1.17. The Kier molecular flexibility index (Phi) is 2.04. The molecule has 1 aromatic rings. The lowest BCUT2D eigenvalue weighted by Gasteiger charge is -1.89. The van der Waals surface area contributed by atoms with E-state index in [0.29, 0.717) is 13.0 Å². The second-order valence-corrected chi connectivity index (χ2v) is 2.82. The van der Waals surface area contributed by atoms with Gasteiger partial charge in [0, 0.05) is 30.3 Å². The number of nitrogens with zero attached hydrogens (tertiary/aromatic N) is 3. The Morgan fingerprint density at radius 3 is 2.77 bits per heavy atom. The van der Waals surface area contributed by atoms with Gasteiger partial charge in [0.1, 0.15) is 0 Å². The van der Waals surface area contributed by atoms with Crippen molar-refractivity contribution in [1.29, 1.82) is 0 Å². The van der Waals surface area contributed by atoms with Crippen LogP contribution in [0.4, 0.5) is 0 Å². The van der Waals surface area contributed by atoms with Gasteiger partial charge in [-0.25, -0.2) is 0 Å². The molecule has 4 heteroatoms. The van der Waals surface area contributed by atoms with Crippen LogP contribution in [-0.4, -0.2) is 28.3 Å². The van der Waals surface area contributed by atoms with Crippen molar-refractivity contribution in [1.82, 2.24) is 4.98 Å². The molecule has 2 heterocycles. The highest BCUT2D eigenvalue weighted by atomic mass is 16.3. The highest BCUT2D eigenvalue weighted by Gasteiger charge is 2.10. The van der Waals surface area contributed by atoms with Gasteiger partial charge in [-0.3, -0.25) is 4.98 Å². The molecule has 0 aliphatic carbocycles. The molecule has 0 bridgehead atoms. The summed E-state index contributed by atoms with van der Waals surface area (Å²) in [4.78, 5) is 3.90. The van der Waals surface area contributed by atoms with Crippen LogP contribution in [0.5, 0.6) is 0 Å². The number of hydrogen-bond donors (Lipinski definition) is 0. The zero-order chi connectivity index (χ0) is 9.10. The third-order valence-corrected chi connectivity index (χ3v) is 1.80. The van der Waals surface area contributed by atoms with E-state index in [4.69, 9.17) is 0 Å². The Balaban J connectivity index is 2.22. The minimum Gasteiger partial charge on any atom is -0.857 e. The second kappa shape index (κ2) is 3.35. The molecule has 0 radical (unpaired) electrons. The predicted molar refractivity (Wildman–Crippen MR) is 46.6 cm³/mol. The first kappa shape index (κ1) is 7.91. The zero-order valence-corrected chi connectivity index (χ0v) is 7.05. The molecule has 0 saturated heterocycles. The Bertz CT molecular complexity index is 356. The van der Waals surface area contributed by atoms with Crippen LogP contribution in [0.2, 0.25) is 0 Å². The lowest BCUT2D eigenvalue weighted by atomic mass is 10.3. The average molecular weight is 175 g/mol. The Morgan fingerprint density at radius 2 is 2.15 bits per heavy atom. The number of aromatic nitrogens is 1. The molecular weight excluding hydrogens is 166 g/mol. The highest BCUT2D eigenvalue weighted by molar-refractivity contribution is 5.77. The maximum absolute atomic E-state index is 10.8. The summed E-state index contributed by atoms with van der Waals surface area (Å²) in [7, 11) is 0. The molecule has 0 N–H and O–H groups in total. The van der Waals surface area contributed by atoms with Crippen molar-refractivity contribution in [2.24, 2.45) is 5.10 Å². The molecule has 0 spiro atoms. The first-order valence-electron chi connectivity index (χ1n) is 4.10. The molecule has 1 aromatic heterocycles. The number of hydrazone groups is 1. The second-order valence-electron chi connectivity index (χ2n) is 2.82. The molecule has 0 fully saturated rings. The standard InChI is InChI=1S/C9H9N3O/c13-9-3-6-12(11-9)7-8-1-4-10-5-2-8/h1-2,4-5,7H,3,6H2. The quantitative estimate of drug-likeness (QED) is 0.545. The third kappa shape index (κ3) is 1.90. The van der Waals surface area contributed by atoms with Crippen molar-refractivity contribution in [2.75, 3.05) is 6.54 Å². The number of rotatable bonds is 1. The summed E-state index contributed by atoms with van der Waals surface area (Å²) < 4.78 is 1.66. The van der Waals surface area contributed by atoms with Crippen LogP contribution < -0.4 is 5.11 Å². The van der Waals surface area contributed by atoms with E-state index in [1.54, 1.807) is 17.1 Å². The van der Waals surface area contributed by atoms with Crippen molar-refractivity contribution in [2.45, 2.75) is 6.42 Å². The molecular formula is C9H9N3O. The largest absolute Gasteiger partial charge is 0.857 e.